The molecule has 0 bridgehead atoms. The maximum atomic E-state index is 13.6. The second-order valence-corrected chi connectivity index (χ2v) is 5.51. The van der Waals surface area contributed by atoms with Gasteiger partial charge in [0.05, 0.1) is 6.54 Å². The summed E-state index contributed by atoms with van der Waals surface area (Å²) in [6, 6.07) is 8.73. The van der Waals surface area contributed by atoms with Gasteiger partial charge in [-0.1, -0.05) is 27.5 Å². The van der Waals surface area contributed by atoms with Crippen LogP contribution in [0.15, 0.2) is 40.9 Å². The summed E-state index contributed by atoms with van der Waals surface area (Å²) < 4.78 is 27.4. The van der Waals surface area contributed by atoms with E-state index >= 15 is 0 Å². The normalized spacial score (nSPS) is 10.3. The molecule has 0 saturated heterocycles. The number of hydrogen-bond acceptors (Lipinski definition) is 2. The van der Waals surface area contributed by atoms with Crippen LogP contribution in [0.25, 0.3) is 0 Å². The first kappa shape index (κ1) is 15.7. The number of amides is 1. The molecule has 0 aliphatic heterocycles. The molecule has 0 spiro atoms. The topological polar surface area (TPSA) is 41.1 Å². The summed E-state index contributed by atoms with van der Waals surface area (Å²) in [5.74, 6) is -1.98. The Kier molecular flexibility index (Phi) is 5.14. The third-order valence-corrected chi connectivity index (χ3v) is 3.27. The van der Waals surface area contributed by atoms with Gasteiger partial charge in [0, 0.05) is 15.2 Å². The molecule has 0 fully saturated rings. The van der Waals surface area contributed by atoms with E-state index < -0.39 is 17.5 Å². The highest BCUT2D eigenvalue weighted by Crippen LogP contribution is 2.23. The lowest BCUT2D eigenvalue weighted by Crippen LogP contribution is -2.22. The fraction of sp³-hybridized carbons (Fsp3) is 0.0714. The number of hydrogen-bond donors (Lipinski definition) is 2. The Morgan fingerprint density at radius 3 is 2.29 bits per heavy atom. The highest BCUT2D eigenvalue weighted by molar-refractivity contribution is 9.10. The van der Waals surface area contributed by atoms with Gasteiger partial charge in [0.2, 0.25) is 5.91 Å². The Morgan fingerprint density at radius 2 is 1.71 bits per heavy atom. The van der Waals surface area contributed by atoms with Gasteiger partial charge in [0.1, 0.15) is 17.3 Å². The van der Waals surface area contributed by atoms with E-state index in [2.05, 4.69) is 26.6 Å². The SMILES string of the molecule is O=C(CNc1c(F)cc(Br)cc1F)Nc1ccc(Cl)cc1. The summed E-state index contributed by atoms with van der Waals surface area (Å²) in [6.45, 7) is -0.266. The molecule has 7 heteroatoms. The van der Waals surface area contributed by atoms with Crippen molar-refractivity contribution >= 4 is 44.8 Å². The van der Waals surface area contributed by atoms with E-state index in [1.165, 1.54) is 0 Å². The molecule has 0 saturated carbocycles. The molecule has 0 aliphatic carbocycles. The maximum Gasteiger partial charge on any atom is 0.243 e. The second kappa shape index (κ2) is 6.87. The van der Waals surface area contributed by atoms with Crippen LogP contribution in [-0.4, -0.2) is 12.5 Å². The van der Waals surface area contributed by atoms with Crippen molar-refractivity contribution in [2.24, 2.45) is 0 Å². The van der Waals surface area contributed by atoms with Crippen LogP contribution >= 0.6 is 27.5 Å². The first-order valence-electron chi connectivity index (χ1n) is 5.89. The Labute approximate surface area is 133 Å². The van der Waals surface area contributed by atoms with E-state index in [9.17, 15) is 13.6 Å². The number of rotatable bonds is 4. The Hall–Kier alpha value is -1.66. The molecule has 0 aromatic heterocycles. The zero-order valence-corrected chi connectivity index (χ0v) is 12.9. The highest BCUT2D eigenvalue weighted by Gasteiger charge is 2.11. The van der Waals surface area contributed by atoms with E-state index in [1.807, 2.05) is 0 Å². The molecule has 0 heterocycles. The quantitative estimate of drug-likeness (QED) is 0.830. The molecule has 1 amide bonds. The molecular weight excluding hydrogens is 366 g/mol. The fourth-order valence-electron chi connectivity index (χ4n) is 1.62. The lowest BCUT2D eigenvalue weighted by atomic mass is 10.3. The van der Waals surface area contributed by atoms with Crippen LogP contribution in [0.2, 0.25) is 5.02 Å². The summed E-state index contributed by atoms with van der Waals surface area (Å²) >= 11 is 8.70. The van der Waals surface area contributed by atoms with Crippen LogP contribution < -0.4 is 10.6 Å². The van der Waals surface area contributed by atoms with E-state index in [-0.39, 0.29) is 16.7 Å². The number of anilines is 2. The molecule has 0 unspecified atom stereocenters. The van der Waals surface area contributed by atoms with Gasteiger partial charge in [-0.2, -0.15) is 0 Å². The Balaban J connectivity index is 1.97. The third-order valence-electron chi connectivity index (χ3n) is 2.56. The zero-order valence-electron chi connectivity index (χ0n) is 10.6. The average molecular weight is 376 g/mol. The second-order valence-electron chi connectivity index (χ2n) is 4.15. The predicted octanol–water partition coefficient (Wildman–Crippen LogP) is 4.43. The average Bonchev–Trinajstić information content (AvgIpc) is 2.40. The first-order valence-corrected chi connectivity index (χ1v) is 7.06. The van der Waals surface area contributed by atoms with Gasteiger partial charge in [0.15, 0.2) is 0 Å². The van der Waals surface area contributed by atoms with Crippen LogP contribution in [0, 0.1) is 11.6 Å². The fourth-order valence-corrected chi connectivity index (χ4v) is 2.15. The summed E-state index contributed by atoms with van der Waals surface area (Å²) in [4.78, 5) is 11.7. The van der Waals surface area contributed by atoms with Crippen LogP contribution in [-0.2, 0) is 4.79 Å². The van der Waals surface area contributed by atoms with Gasteiger partial charge in [-0.15, -0.1) is 0 Å². The minimum Gasteiger partial charge on any atom is -0.371 e. The highest BCUT2D eigenvalue weighted by atomic mass is 79.9. The van der Waals surface area contributed by atoms with E-state index in [0.29, 0.717) is 10.7 Å². The first-order chi connectivity index (χ1) is 9.95. The van der Waals surface area contributed by atoms with E-state index in [0.717, 1.165) is 12.1 Å². The lowest BCUT2D eigenvalue weighted by molar-refractivity contribution is -0.114. The smallest absolute Gasteiger partial charge is 0.243 e. The molecule has 0 radical (unpaired) electrons. The van der Waals surface area contributed by atoms with Crippen LogP contribution in [0.4, 0.5) is 20.2 Å². The van der Waals surface area contributed by atoms with Gasteiger partial charge in [-0.25, -0.2) is 8.78 Å². The summed E-state index contributed by atoms with van der Waals surface area (Å²) in [7, 11) is 0. The largest absolute Gasteiger partial charge is 0.371 e. The summed E-state index contributed by atoms with van der Waals surface area (Å²) in [6.07, 6.45) is 0. The van der Waals surface area contributed by atoms with Crippen molar-refractivity contribution in [2.45, 2.75) is 0 Å². The van der Waals surface area contributed by atoms with E-state index in [4.69, 9.17) is 11.6 Å². The number of nitrogens with one attached hydrogen (secondary N) is 2. The standard InChI is InChI=1S/C14H10BrClF2N2O/c15-8-5-11(17)14(12(18)6-8)19-7-13(21)20-10-3-1-9(16)2-4-10/h1-6,19H,7H2,(H,20,21). The molecule has 3 nitrogen and oxygen atoms in total. The lowest BCUT2D eigenvalue weighted by Gasteiger charge is -2.10. The van der Waals surface area contributed by atoms with Crippen molar-refractivity contribution in [1.82, 2.24) is 0 Å². The minimum absolute atomic E-state index is 0.266. The van der Waals surface area contributed by atoms with Crippen LogP contribution in [0.1, 0.15) is 0 Å². The molecular formula is C14H10BrClF2N2O. The van der Waals surface area contributed by atoms with Crippen molar-refractivity contribution in [1.29, 1.82) is 0 Å². The molecule has 21 heavy (non-hydrogen) atoms. The molecule has 2 aromatic carbocycles. The van der Waals surface area contributed by atoms with Gasteiger partial charge >= 0.3 is 0 Å². The Bertz CT molecular complexity index is 642. The molecule has 2 aromatic rings. The monoisotopic (exact) mass is 374 g/mol. The number of halogens is 4. The zero-order chi connectivity index (χ0) is 15.4. The van der Waals surface area contributed by atoms with Gasteiger partial charge in [-0.3, -0.25) is 4.79 Å². The summed E-state index contributed by atoms with van der Waals surface area (Å²) in [5, 5.41) is 5.55. The summed E-state index contributed by atoms with van der Waals surface area (Å²) in [5.41, 5.74) is 0.201. The molecule has 110 valence electrons. The minimum atomic E-state index is -0.777. The Morgan fingerprint density at radius 1 is 1.14 bits per heavy atom. The number of benzene rings is 2. The number of carbonyl (C=O) groups is 1. The van der Waals surface area contributed by atoms with Crippen LogP contribution in [0.3, 0.4) is 0 Å². The maximum absolute atomic E-state index is 13.6. The molecule has 2 rings (SSSR count). The van der Waals surface area contributed by atoms with Crippen molar-refractivity contribution in [3.8, 4) is 0 Å². The van der Waals surface area contributed by atoms with Crippen molar-refractivity contribution in [3.63, 3.8) is 0 Å². The molecule has 2 N–H and O–H groups in total. The van der Waals surface area contributed by atoms with Crippen molar-refractivity contribution in [3.05, 3.63) is 57.5 Å². The van der Waals surface area contributed by atoms with Crippen LogP contribution in [0.5, 0.6) is 0 Å². The van der Waals surface area contributed by atoms with Gasteiger partial charge < -0.3 is 10.6 Å². The molecule has 0 atom stereocenters. The predicted molar refractivity (Wildman–Crippen MR) is 82.6 cm³/mol. The van der Waals surface area contributed by atoms with Gasteiger partial charge in [-0.05, 0) is 36.4 Å². The van der Waals surface area contributed by atoms with E-state index in [1.54, 1.807) is 24.3 Å². The third kappa shape index (κ3) is 4.41. The van der Waals surface area contributed by atoms with Crippen molar-refractivity contribution in [2.75, 3.05) is 17.2 Å². The molecule has 0 aliphatic rings. The number of carbonyl (C=O) groups excluding carboxylic acids is 1. The van der Waals surface area contributed by atoms with Gasteiger partial charge in [0.25, 0.3) is 0 Å². The van der Waals surface area contributed by atoms with Crippen molar-refractivity contribution < 1.29 is 13.6 Å².